The highest BCUT2D eigenvalue weighted by atomic mass is 16.5. The summed E-state index contributed by atoms with van der Waals surface area (Å²) in [4.78, 5) is 28.2. The first-order valence-corrected chi connectivity index (χ1v) is 9.90. The third kappa shape index (κ3) is 5.41. The van der Waals surface area contributed by atoms with Crippen molar-refractivity contribution in [1.29, 1.82) is 0 Å². The molecule has 0 saturated carbocycles. The van der Waals surface area contributed by atoms with Crippen molar-refractivity contribution in [3.63, 3.8) is 0 Å². The van der Waals surface area contributed by atoms with Crippen LogP contribution in [0.4, 0.5) is 5.82 Å². The second kappa shape index (κ2) is 8.73. The van der Waals surface area contributed by atoms with Gasteiger partial charge in [0.15, 0.2) is 5.82 Å². The first-order valence-electron chi connectivity index (χ1n) is 9.90. The fourth-order valence-electron chi connectivity index (χ4n) is 3.36. The number of hydrogen-bond acceptors (Lipinski definition) is 7. The average Bonchev–Trinajstić information content (AvgIpc) is 3.12. The van der Waals surface area contributed by atoms with Crippen LogP contribution in [0, 0.1) is 0 Å². The summed E-state index contributed by atoms with van der Waals surface area (Å²) in [6.07, 6.45) is 2.82. The van der Waals surface area contributed by atoms with Crippen LogP contribution < -0.4 is 15.0 Å². The number of aliphatic hydroxyl groups excluding tert-OH is 1. The Labute approximate surface area is 171 Å². The number of ether oxygens (including phenoxy) is 1. The van der Waals surface area contributed by atoms with Crippen molar-refractivity contribution in [2.75, 3.05) is 31.7 Å². The van der Waals surface area contributed by atoms with Gasteiger partial charge in [-0.3, -0.25) is 4.79 Å². The summed E-state index contributed by atoms with van der Waals surface area (Å²) in [6.45, 7) is 6.20. The Morgan fingerprint density at radius 3 is 2.76 bits per heavy atom. The summed E-state index contributed by atoms with van der Waals surface area (Å²) in [5, 5.41) is 11.9. The molecular weight excluding hydrogens is 370 g/mol. The molecule has 156 valence electrons. The molecule has 2 aromatic heterocycles. The molecule has 0 spiro atoms. The lowest BCUT2D eigenvalue weighted by atomic mass is 10.1. The van der Waals surface area contributed by atoms with E-state index < -0.39 is 0 Å². The van der Waals surface area contributed by atoms with Crippen LogP contribution in [0.1, 0.15) is 38.4 Å². The Bertz CT molecular complexity index is 879. The van der Waals surface area contributed by atoms with Gasteiger partial charge in [-0.2, -0.15) is 0 Å². The highest BCUT2D eigenvalue weighted by Crippen LogP contribution is 2.30. The number of aryl methyl sites for hydroxylation is 1. The largest absolute Gasteiger partial charge is 0.475 e. The van der Waals surface area contributed by atoms with Crippen molar-refractivity contribution in [2.45, 2.75) is 45.6 Å². The number of carbonyl (C=O) groups excluding carboxylic acids is 1. The predicted molar refractivity (Wildman–Crippen MR) is 111 cm³/mol. The van der Waals surface area contributed by atoms with E-state index in [0.29, 0.717) is 17.4 Å². The number of amides is 1. The zero-order valence-electron chi connectivity index (χ0n) is 17.5. The monoisotopic (exact) mass is 399 g/mol. The minimum Gasteiger partial charge on any atom is -0.475 e. The van der Waals surface area contributed by atoms with Crippen LogP contribution in [-0.4, -0.2) is 58.3 Å². The van der Waals surface area contributed by atoms with Crippen LogP contribution in [0.15, 0.2) is 18.2 Å². The van der Waals surface area contributed by atoms with Gasteiger partial charge in [0.1, 0.15) is 18.1 Å². The smallest absolute Gasteiger partial charge is 0.239 e. The number of aromatic nitrogens is 3. The summed E-state index contributed by atoms with van der Waals surface area (Å²) >= 11 is 0. The van der Waals surface area contributed by atoms with Crippen molar-refractivity contribution in [1.82, 2.24) is 20.3 Å². The lowest BCUT2D eigenvalue weighted by Gasteiger charge is -2.25. The lowest BCUT2D eigenvalue weighted by molar-refractivity contribution is -0.121. The summed E-state index contributed by atoms with van der Waals surface area (Å²) in [6, 6.07) is 5.39. The number of hydrogen-bond donors (Lipinski definition) is 2. The maximum Gasteiger partial charge on any atom is 0.239 e. The van der Waals surface area contributed by atoms with Crippen LogP contribution in [0.3, 0.4) is 0 Å². The van der Waals surface area contributed by atoms with Gasteiger partial charge >= 0.3 is 0 Å². The van der Waals surface area contributed by atoms with E-state index in [-0.39, 0.29) is 31.2 Å². The zero-order valence-corrected chi connectivity index (χ0v) is 17.5. The van der Waals surface area contributed by atoms with Crippen molar-refractivity contribution in [3.8, 4) is 17.4 Å². The Morgan fingerprint density at radius 1 is 1.24 bits per heavy atom. The zero-order chi connectivity index (χ0) is 21.0. The summed E-state index contributed by atoms with van der Waals surface area (Å²) in [5.41, 5.74) is 2.43. The average molecular weight is 399 g/mol. The molecule has 2 aromatic rings. The molecule has 0 aromatic carbocycles. The molecule has 2 N–H and O–H groups in total. The van der Waals surface area contributed by atoms with Gasteiger partial charge in [0.05, 0.1) is 13.2 Å². The van der Waals surface area contributed by atoms with Crippen molar-refractivity contribution in [3.05, 3.63) is 29.5 Å². The van der Waals surface area contributed by atoms with Gasteiger partial charge in [0, 0.05) is 29.9 Å². The summed E-state index contributed by atoms with van der Waals surface area (Å²) in [5.74, 6) is 1.65. The second-order valence-electron chi connectivity index (χ2n) is 8.24. The van der Waals surface area contributed by atoms with Gasteiger partial charge in [-0.05, 0) is 46.1 Å². The Morgan fingerprint density at radius 2 is 2.03 bits per heavy atom. The molecule has 0 atom stereocenters. The molecular formula is C21H29N5O3. The van der Waals surface area contributed by atoms with E-state index in [4.69, 9.17) is 19.8 Å². The third-order valence-corrected chi connectivity index (χ3v) is 4.46. The van der Waals surface area contributed by atoms with Crippen LogP contribution in [-0.2, 0) is 17.6 Å². The quantitative estimate of drug-likeness (QED) is 0.731. The van der Waals surface area contributed by atoms with Gasteiger partial charge in [-0.1, -0.05) is 6.07 Å². The van der Waals surface area contributed by atoms with Gasteiger partial charge in [0.25, 0.3) is 0 Å². The number of pyridine rings is 1. The SMILES string of the molecule is CN(CC(=O)NC(C)(C)C)c1nc(-c2cccc(OCCO)n2)nc2c1CCC2. The molecule has 0 aliphatic heterocycles. The molecule has 0 unspecified atom stereocenters. The highest BCUT2D eigenvalue weighted by Gasteiger charge is 2.24. The minimum absolute atomic E-state index is 0.0514. The molecule has 0 fully saturated rings. The maximum absolute atomic E-state index is 12.4. The molecule has 8 nitrogen and oxygen atoms in total. The molecule has 3 rings (SSSR count). The number of rotatable bonds is 7. The van der Waals surface area contributed by atoms with Gasteiger partial charge in [-0.25, -0.2) is 15.0 Å². The van der Waals surface area contributed by atoms with Gasteiger partial charge in [0.2, 0.25) is 11.8 Å². The first-order chi connectivity index (χ1) is 13.8. The van der Waals surface area contributed by atoms with E-state index in [2.05, 4.69) is 10.3 Å². The minimum atomic E-state index is -0.282. The van der Waals surface area contributed by atoms with Crippen LogP contribution in [0.2, 0.25) is 0 Å². The van der Waals surface area contributed by atoms with E-state index >= 15 is 0 Å². The topological polar surface area (TPSA) is 100 Å². The van der Waals surface area contributed by atoms with Crippen LogP contribution in [0.5, 0.6) is 5.88 Å². The highest BCUT2D eigenvalue weighted by molar-refractivity contribution is 5.82. The third-order valence-electron chi connectivity index (χ3n) is 4.46. The Hall–Kier alpha value is -2.74. The number of carbonyl (C=O) groups is 1. The summed E-state index contributed by atoms with van der Waals surface area (Å²) < 4.78 is 5.41. The molecule has 0 saturated heterocycles. The van der Waals surface area contributed by atoms with Crippen molar-refractivity contribution >= 4 is 11.7 Å². The molecule has 8 heteroatoms. The maximum atomic E-state index is 12.4. The number of nitrogens with zero attached hydrogens (tertiary/aromatic N) is 4. The van der Waals surface area contributed by atoms with Crippen LogP contribution in [0.25, 0.3) is 11.5 Å². The van der Waals surface area contributed by atoms with Crippen LogP contribution >= 0.6 is 0 Å². The number of likely N-dealkylation sites (N-methyl/N-ethyl adjacent to an activating group) is 1. The van der Waals surface area contributed by atoms with Gasteiger partial charge < -0.3 is 20.1 Å². The number of anilines is 1. The number of aliphatic hydroxyl groups is 1. The standard InChI is InChI=1S/C21H29N5O3/c1-21(2,3)25-17(28)13-26(4)20-14-7-5-8-15(14)23-19(24-20)16-9-6-10-18(22-16)29-12-11-27/h6,9-10,27H,5,7-8,11-13H2,1-4H3,(H,25,28). The molecule has 29 heavy (non-hydrogen) atoms. The molecule has 1 aliphatic rings. The fraction of sp³-hybridized carbons (Fsp3) is 0.524. The number of fused-ring (bicyclic) bond motifs is 1. The molecule has 1 amide bonds. The first kappa shape index (κ1) is 21.0. The Balaban J connectivity index is 1.89. The second-order valence-corrected chi connectivity index (χ2v) is 8.24. The molecule has 0 bridgehead atoms. The lowest BCUT2D eigenvalue weighted by Crippen LogP contribution is -2.45. The van der Waals surface area contributed by atoms with E-state index in [0.717, 1.165) is 36.3 Å². The van der Waals surface area contributed by atoms with Crippen molar-refractivity contribution in [2.24, 2.45) is 0 Å². The van der Waals surface area contributed by atoms with Crippen molar-refractivity contribution < 1.29 is 14.6 Å². The van der Waals surface area contributed by atoms with Gasteiger partial charge in [-0.15, -0.1) is 0 Å². The normalized spacial score (nSPS) is 13.1. The van der Waals surface area contributed by atoms with E-state index in [1.807, 2.05) is 44.9 Å². The summed E-state index contributed by atoms with van der Waals surface area (Å²) in [7, 11) is 1.88. The fourth-order valence-corrected chi connectivity index (χ4v) is 3.36. The van der Waals surface area contributed by atoms with E-state index in [1.54, 1.807) is 6.07 Å². The predicted octanol–water partition coefficient (Wildman–Crippen LogP) is 1.75. The molecule has 0 radical (unpaired) electrons. The molecule has 1 aliphatic carbocycles. The van der Waals surface area contributed by atoms with E-state index in [1.165, 1.54) is 0 Å². The Kier molecular flexibility index (Phi) is 6.32. The number of nitrogens with one attached hydrogen (secondary N) is 1. The molecule has 2 heterocycles. The van der Waals surface area contributed by atoms with E-state index in [9.17, 15) is 4.79 Å².